The van der Waals surface area contributed by atoms with Gasteiger partial charge in [0.25, 0.3) is 5.91 Å². The van der Waals surface area contributed by atoms with Crippen molar-refractivity contribution in [3.63, 3.8) is 0 Å². The van der Waals surface area contributed by atoms with Crippen LogP contribution >= 0.6 is 34.3 Å². The first kappa shape index (κ1) is 19.0. The normalized spacial score (nSPS) is 11.1. The molecule has 3 aromatic heterocycles. The first-order chi connectivity index (χ1) is 13.6. The summed E-state index contributed by atoms with van der Waals surface area (Å²) in [5.74, 6) is -0.574. The lowest BCUT2D eigenvalue weighted by atomic mass is 10.2. The van der Waals surface area contributed by atoms with Gasteiger partial charge in [0.2, 0.25) is 0 Å². The molecule has 0 spiro atoms. The van der Waals surface area contributed by atoms with Gasteiger partial charge in [-0.3, -0.25) is 9.78 Å². The Bertz CT molecular complexity index is 1130. The number of hydrogen-bond acceptors (Lipinski definition) is 5. The molecule has 0 fully saturated rings. The van der Waals surface area contributed by atoms with E-state index in [1.165, 1.54) is 23.5 Å². The second-order valence-electron chi connectivity index (χ2n) is 6.11. The Kier molecular flexibility index (Phi) is 5.66. The minimum atomic E-state index is -0.341. The van der Waals surface area contributed by atoms with E-state index in [0.717, 1.165) is 29.1 Å². The Morgan fingerprint density at radius 2 is 2.04 bits per heavy atom. The molecule has 1 aromatic carbocycles. The number of hydrogen-bond donors (Lipinski definition) is 1. The second kappa shape index (κ2) is 8.34. The van der Waals surface area contributed by atoms with Crippen molar-refractivity contribution in [2.45, 2.75) is 12.8 Å². The van der Waals surface area contributed by atoms with Gasteiger partial charge < -0.3 is 5.32 Å². The number of nitrogens with zero attached hydrogens (tertiary/aromatic N) is 2. The van der Waals surface area contributed by atoms with Crippen LogP contribution in [0.5, 0.6) is 0 Å². The molecule has 8 heteroatoms. The van der Waals surface area contributed by atoms with Crippen LogP contribution in [0.2, 0.25) is 5.02 Å². The number of pyridine rings is 1. The highest BCUT2D eigenvalue weighted by Gasteiger charge is 2.17. The van der Waals surface area contributed by atoms with Crippen LogP contribution in [0.15, 0.2) is 48.1 Å². The molecule has 4 rings (SSSR count). The lowest BCUT2D eigenvalue weighted by molar-refractivity contribution is 0.0957. The van der Waals surface area contributed by atoms with Gasteiger partial charge in [-0.25, -0.2) is 9.37 Å². The largest absolute Gasteiger partial charge is 0.351 e. The molecule has 0 bridgehead atoms. The van der Waals surface area contributed by atoms with E-state index in [2.05, 4.69) is 15.3 Å². The van der Waals surface area contributed by atoms with Crippen molar-refractivity contribution < 1.29 is 9.18 Å². The molecule has 4 aromatic rings. The molecular weight excluding hydrogens is 417 g/mol. The number of rotatable bonds is 6. The fraction of sp³-hybridized carbons (Fsp3) is 0.150. The third-order valence-corrected chi connectivity index (χ3v) is 6.74. The fourth-order valence-electron chi connectivity index (χ4n) is 2.79. The highest BCUT2D eigenvalue weighted by atomic mass is 35.5. The molecule has 0 saturated heterocycles. The summed E-state index contributed by atoms with van der Waals surface area (Å²) in [4.78, 5) is 21.5. The number of nitrogens with one attached hydrogen (secondary N) is 1. The van der Waals surface area contributed by atoms with Crippen LogP contribution in [0.1, 0.15) is 21.1 Å². The van der Waals surface area contributed by atoms with E-state index < -0.39 is 0 Å². The number of carbonyl (C=O) groups is 1. The number of amides is 1. The highest BCUT2D eigenvalue weighted by molar-refractivity contribution is 7.21. The summed E-state index contributed by atoms with van der Waals surface area (Å²) in [6.45, 7) is 0.516. The van der Waals surface area contributed by atoms with Gasteiger partial charge in [-0.05, 0) is 36.8 Å². The van der Waals surface area contributed by atoms with E-state index in [1.807, 2.05) is 17.5 Å². The third kappa shape index (κ3) is 4.06. The minimum absolute atomic E-state index is 0.233. The summed E-state index contributed by atoms with van der Waals surface area (Å²) in [5, 5.41) is 7.01. The SMILES string of the molecule is O=C(NCCCc1nc(-c2ccncc2)cs1)c1sc2cc(F)ccc2c1Cl. The van der Waals surface area contributed by atoms with Gasteiger partial charge in [0, 0.05) is 46.4 Å². The Morgan fingerprint density at radius 1 is 1.21 bits per heavy atom. The Balaban J connectivity index is 1.33. The van der Waals surface area contributed by atoms with E-state index in [4.69, 9.17) is 11.6 Å². The summed E-state index contributed by atoms with van der Waals surface area (Å²) < 4.78 is 14.0. The van der Waals surface area contributed by atoms with Crippen molar-refractivity contribution in [3.8, 4) is 11.3 Å². The Labute approximate surface area is 174 Å². The quantitative estimate of drug-likeness (QED) is 0.406. The van der Waals surface area contributed by atoms with Gasteiger partial charge in [0.1, 0.15) is 10.7 Å². The van der Waals surface area contributed by atoms with Gasteiger partial charge >= 0.3 is 0 Å². The fourth-order valence-corrected chi connectivity index (χ4v) is 5.10. The van der Waals surface area contributed by atoms with Crippen LogP contribution < -0.4 is 5.32 Å². The molecule has 0 radical (unpaired) electrons. The van der Waals surface area contributed by atoms with Crippen molar-refractivity contribution in [2.75, 3.05) is 6.54 Å². The summed E-state index contributed by atoms with van der Waals surface area (Å²) in [7, 11) is 0. The zero-order valence-electron chi connectivity index (χ0n) is 14.6. The summed E-state index contributed by atoms with van der Waals surface area (Å²) >= 11 is 9.10. The predicted octanol–water partition coefficient (Wildman–Crippen LogP) is 5.57. The molecule has 142 valence electrons. The molecule has 1 N–H and O–H groups in total. The van der Waals surface area contributed by atoms with Crippen LogP contribution in [-0.4, -0.2) is 22.4 Å². The van der Waals surface area contributed by atoms with E-state index >= 15 is 0 Å². The maximum atomic E-state index is 13.4. The number of halogens is 2. The average Bonchev–Trinajstić information content (AvgIpc) is 3.30. The van der Waals surface area contributed by atoms with Crippen LogP contribution in [0.3, 0.4) is 0 Å². The van der Waals surface area contributed by atoms with Crippen LogP contribution in [0.4, 0.5) is 4.39 Å². The Morgan fingerprint density at radius 3 is 2.86 bits per heavy atom. The lowest BCUT2D eigenvalue weighted by Gasteiger charge is -2.03. The molecule has 4 nitrogen and oxygen atoms in total. The first-order valence-electron chi connectivity index (χ1n) is 8.62. The van der Waals surface area contributed by atoms with Crippen LogP contribution in [0.25, 0.3) is 21.3 Å². The van der Waals surface area contributed by atoms with E-state index in [-0.39, 0.29) is 11.7 Å². The van der Waals surface area contributed by atoms with Crippen LogP contribution in [0, 0.1) is 5.82 Å². The molecule has 0 atom stereocenters. The van der Waals surface area contributed by atoms with Crippen molar-refractivity contribution in [1.29, 1.82) is 0 Å². The summed E-state index contributed by atoms with van der Waals surface area (Å²) in [6, 6.07) is 8.20. The highest BCUT2D eigenvalue weighted by Crippen LogP contribution is 2.35. The molecule has 0 aliphatic rings. The molecule has 3 heterocycles. The van der Waals surface area contributed by atoms with Crippen LogP contribution in [-0.2, 0) is 6.42 Å². The standard InChI is InChI=1S/C20H15ClFN3OS2/c21-18-14-4-3-13(22)10-16(14)28-19(18)20(26)24-7-1-2-17-25-15(11-27-17)12-5-8-23-9-6-12/h3-6,8-11H,1-2,7H2,(H,24,26). The first-order valence-corrected chi connectivity index (χ1v) is 10.7. The molecular formula is C20H15ClFN3OS2. The minimum Gasteiger partial charge on any atom is -0.351 e. The molecule has 0 aliphatic heterocycles. The number of aromatic nitrogens is 2. The number of aryl methyl sites for hydroxylation is 1. The van der Waals surface area contributed by atoms with E-state index in [0.29, 0.717) is 26.5 Å². The van der Waals surface area contributed by atoms with E-state index in [1.54, 1.807) is 29.8 Å². The predicted molar refractivity (Wildman–Crippen MR) is 113 cm³/mol. The maximum absolute atomic E-state index is 13.4. The zero-order valence-corrected chi connectivity index (χ0v) is 17.0. The van der Waals surface area contributed by atoms with Crippen molar-refractivity contribution in [1.82, 2.24) is 15.3 Å². The molecule has 0 aliphatic carbocycles. The van der Waals surface area contributed by atoms with Gasteiger partial charge in [-0.1, -0.05) is 11.6 Å². The van der Waals surface area contributed by atoms with Crippen molar-refractivity contribution >= 4 is 50.3 Å². The van der Waals surface area contributed by atoms with Gasteiger partial charge in [-0.15, -0.1) is 22.7 Å². The Hall–Kier alpha value is -2.35. The number of benzene rings is 1. The maximum Gasteiger partial charge on any atom is 0.262 e. The number of fused-ring (bicyclic) bond motifs is 1. The third-order valence-electron chi connectivity index (χ3n) is 4.18. The number of carbonyl (C=O) groups excluding carboxylic acids is 1. The zero-order chi connectivity index (χ0) is 19.5. The molecule has 0 unspecified atom stereocenters. The van der Waals surface area contributed by atoms with Gasteiger partial charge in [-0.2, -0.15) is 0 Å². The second-order valence-corrected chi connectivity index (χ2v) is 8.48. The number of thiophene rings is 1. The monoisotopic (exact) mass is 431 g/mol. The summed E-state index contributed by atoms with van der Waals surface area (Å²) in [6.07, 6.45) is 5.04. The number of thiazole rings is 1. The van der Waals surface area contributed by atoms with E-state index in [9.17, 15) is 9.18 Å². The van der Waals surface area contributed by atoms with Crippen molar-refractivity contribution in [2.24, 2.45) is 0 Å². The smallest absolute Gasteiger partial charge is 0.262 e. The van der Waals surface area contributed by atoms with Crippen molar-refractivity contribution in [3.05, 3.63) is 68.8 Å². The van der Waals surface area contributed by atoms with Gasteiger partial charge in [0.15, 0.2) is 0 Å². The average molecular weight is 432 g/mol. The van der Waals surface area contributed by atoms with Gasteiger partial charge in [0.05, 0.1) is 15.7 Å². The molecule has 28 heavy (non-hydrogen) atoms. The molecule has 1 amide bonds. The lowest BCUT2D eigenvalue weighted by Crippen LogP contribution is -2.24. The topological polar surface area (TPSA) is 54.9 Å². The molecule has 0 saturated carbocycles. The summed E-state index contributed by atoms with van der Waals surface area (Å²) in [5.41, 5.74) is 1.98.